The molecule has 0 saturated carbocycles. The molecule has 2 nitrogen and oxygen atoms in total. The predicted molar refractivity (Wildman–Crippen MR) is 176 cm³/mol. The van der Waals surface area contributed by atoms with Crippen molar-refractivity contribution >= 4 is 76.2 Å². The van der Waals surface area contributed by atoms with E-state index in [1.807, 2.05) is 18.2 Å². The maximum Gasteiger partial charge on any atom is 0.178 e. The summed E-state index contributed by atoms with van der Waals surface area (Å²) >= 11 is 0. The van der Waals surface area contributed by atoms with E-state index in [-0.39, 0.29) is 0 Å². The molecule has 0 unspecified atom stereocenters. The van der Waals surface area contributed by atoms with E-state index in [2.05, 4.69) is 115 Å². The van der Waals surface area contributed by atoms with E-state index in [1.54, 1.807) is 0 Å². The molecule has 0 N–H and O–H groups in total. The summed E-state index contributed by atoms with van der Waals surface area (Å²) in [5.74, 6) is 0. The maximum atomic E-state index is 6.43. The van der Waals surface area contributed by atoms with Crippen LogP contribution in [-0.4, -0.2) is 0 Å². The lowest BCUT2D eigenvalue weighted by atomic mass is 9.87. The van der Waals surface area contributed by atoms with Gasteiger partial charge in [-0.25, -0.2) is 0 Å². The average Bonchev–Trinajstić information content (AvgIpc) is 3.62. The van der Waals surface area contributed by atoms with Gasteiger partial charge < -0.3 is 8.83 Å². The molecule has 0 aliphatic rings. The Morgan fingerprint density at radius 1 is 0.333 bits per heavy atom. The van der Waals surface area contributed by atoms with Crippen LogP contribution in [0.3, 0.4) is 0 Å². The van der Waals surface area contributed by atoms with Gasteiger partial charge in [0.1, 0.15) is 11.2 Å². The van der Waals surface area contributed by atoms with Crippen LogP contribution >= 0.6 is 0 Å². The molecule has 8 aromatic carbocycles. The highest BCUT2D eigenvalue weighted by atomic mass is 16.4. The Morgan fingerprint density at radius 2 is 0.881 bits per heavy atom. The lowest BCUT2D eigenvalue weighted by Gasteiger charge is -2.16. The minimum atomic E-state index is 0.805. The van der Waals surface area contributed by atoms with Crippen LogP contribution in [0.4, 0.5) is 0 Å². The second-order valence-corrected chi connectivity index (χ2v) is 11.2. The number of fused-ring (bicyclic) bond motifs is 7. The molecule has 0 atom stereocenters. The molecule has 0 saturated heterocycles. The molecule has 2 heterocycles. The number of hydrogen-bond acceptors (Lipinski definition) is 2. The Labute approximate surface area is 240 Å². The molecule has 10 rings (SSSR count). The van der Waals surface area contributed by atoms with Crippen molar-refractivity contribution < 1.29 is 8.83 Å². The molecule has 0 amide bonds. The van der Waals surface area contributed by atoms with Crippen molar-refractivity contribution in [3.63, 3.8) is 0 Å². The second-order valence-electron chi connectivity index (χ2n) is 11.2. The van der Waals surface area contributed by atoms with Crippen molar-refractivity contribution in [2.24, 2.45) is 0 Å². The van der Waals surface area contributed by atoms with Crippen LogP contribution in [0.5, 0.6) is 0 Å². The van der Waals surface area contributed by atoms with Gasteiger partial charge in [0.05, 0.1) is 0 Å². The molecule has 0 aliphatic carbocycles. The summed E-state index contributed by atoms with van der Waals surface area (Å²) in [6.07, 6.45) is 0. The van der Waals surface area contributed by atoms with Crippen LogP contribution in [0, 0.1) is 0 Å². The first-order valence-corrected chi connectivity index (χ1v) is 14.3. The van der Waals surface area contributed by atoms with Crippen molar-refractivity contribution in [1.29, 1.82) is 0 Å². The Kier molecular flexibility index (Phi) is 4.21. The summed E-state index contributed by atoms with van der Waals surface area (Å²) in [4.78, 5) is 0. The second kappa shape index (κ2) is 7.99. The SMILES string of the molecule is c1ccc(-c2ccc3ccc4c(-c5ccc6oc7c(ccc8c9ccccc9oc87)c6c5)ccc5ccc2c3c54)cc1. The third-order valence-electron chi connectivity index (χ3n) is 9.04. The third-order valence-corrected chi connectivity index (χ3v) is 9.04. The fraction of sp³-hybridized carbons (Fsp3) is 0. The van der Waals surface area contributed by atoms with Gasteiger partial charge in [-0.2, -0.15) is 0 Å². The van der Waals surface area contributed by atoms with Crippen LogP contribution in [0.15, 0.2) is 142 Å². The predicted octanol–water partition coefficient (Wildman–Crippen LogP) is 11.7. The Bertz CT molecular complexity index is 2670. The van der Waals surface area contributed by atoms with Gasteiger partial charge in [-0.15, -0.1) is 0 Å². The molecule has 0 bridgehead atoms. The van der Waals surface area contributed by atoms with Gasteiger partial charge in [-0.1, -0.05) is 103 Å². The number of furan rings is 2. The molecule has 0 aliphatic heterocycles. The van der Waals surface area contributed by atoms with Gasteiger partial charge in [0.2, 0.25) is 0 Å². The van der Waals surface area contributed by atoms with Gasteiger partial charge in [0.15, 0.2) is 11.2 Å². The Morgan fingerprint density at radius 3 is 1.60 bits per heavy atom. The monoisotopic (exact) mass is 534 g/mol. The summed E-state index contributed by atoms with van der Waals surface area (Å²) in [6.45, 7) is 0. The maximum absolute atomic E-state index is 6.43. The summed E-state index contributed by atoms with van der Waals surface area (Å²) < 4.78 is 12.7. The number of hydrogen-bond donors (Lipinski definition) is 0. The summed E-state index contributed by atoms with van der Waals surface area (Å²) in [6, 6.07) is 47.9. The molecular formula is C40H22O2. The Hall–Kier alpha value is -5.60. The van der Waals surface area contributed by atoms with Crippen molar-refractivity contribution in [2.45, 2.75) is 0 Å². The summed E-state index contributed by atoms with van der Waals surface area (Å²) in [5.41, 5.74) is 8.28. The zero-order chi connectivity index (χ0) is 27.4. The largest absolute Gasteiger partial charge is 0.452 e. The fourth-order valence-electron chi connectivity index (χ4n) is 7.11. The van der Waals surface area contributed by atoms with Crippen LogP contribution < -0.4 is 0 Å². The van der Waals surface area contributed by atoms with Crippen LogP contribution in [0.1, 0.15) is 0 Å². The Balaban J connectivity index is 1.23. The average molecular weight is 535 g/mol. The van der Waals surface area contributed by atoms with Gasteiger partial charge in [0.25, 0.3) is 0 Å². The molecule has 0 spiro atoms. The lowest BCUT2D eigenvalue weighted by molar-refractivity contribution is 0.633. The minimum absolute atomic E-state index is 0.805. The number of para-hydroxylation sites is 1. The molecule has 194 valence electrons. The first-order valence-electron chi connectivity index (χ1n) is 14.3. The molecule has 42 heavy (non-hydrogen) atoms. The van der Waals surface area contributed by atoms with Crippen LogP contribution in [0.2, 0.25) is 0 Å². The van der Waals surface area contributed by atoms with E-state index in [0.717, 1.165) is 43.9 Å². The minimum Gasteiger partial charge on any atom is -0.452 e. The van der Waals surface area contributed by atoms with E-state index in [0.29, 0.717) is 0 Å². The van der Waals surface area contributed by atoms with E-state index in [4.69, 9.17) is 8.83 Å². The number of benzene rings is 8. The molecule has 2 aromatic heterocycles. The molecule has 2 heteroatoms. The fourth-order valence-corrected chi connectivity index (χ4v) is 7.11. The quantitative estimate of drug-likeness (QED) is 0.206. The van der Waals surface area contributed by atoms with E-state index < -0.39 is 0 Å². The molecule has 0 fully saturated rings. The van der Waals surface area contributed by atoms with E-state index in [9.17, 15) is 0 Å². The summed E-state index contributed by atoms with van der Waals surface area (Å²) in [7, 11) is 0. The smallest absolute Gasteiger partial charge is 0.178 e. The first kappa shape index (κ1) is 22.1. The van der Waals surface area contributed by atoms with Gasteiger partial charge in [-0.05, 0) is 84.9 Å². The van der Waals surface area contributed by atoms with Gasteiger partial charge in [0, 0.05) is 21.5 Å². The highest BCUT2D eigenvalue weighted by Gasteiger charge is 2.18. The lowest BCUT2D eigenvalue weighted by Crippen LogP contribution is -1.89. The topological polar surface area (TPSA) is 26.3 Å². The molecule has 10 aromatic rings. The van der Waals surface area contributed by atoms with E-state index >= 15 is 0 Å². The first-order chi connectivity index (χ1) is 20.8. The summed E-state index contributed by atoms with van der Waals surface area (Å²) in [5, 5.41) is 12.1. The zero-order valence-electron chi connectivity index (χ0n) is 22.5. The van der Waals surface area contributed by atoms with Crippen molar-refractivity contribution in [2.75, 3.05) is 0 Å². The van der Waals surface area contributed by atoms with Crippen LogP contribution in [-0.2, 0) is 0 Å². The normalized spacial score (nSPS) is 12.3. The highest BCUT2D eigenvalue weighted by molar-refractivity contribution is 6.28. The molecule has 0 radical (unpaired) electrons. The van der Waals surface area contributed by atoms with Crippen LogP contribution in [0.25, 0.3) is 98.4 Å². The van der Waals surface area contributed by atoms with E-state index in [1.165, 1.54) is 54.6 Å². The van der Waals surface area contributed by atoms with Crippen molar-refractivity contribution in [3.05, 3.63) is 133 Å². The van der Waals surface area contributed by atoms with Gasteiger partial charge >= 0.3 is 0 Å². The third kappa shape index (κ3) is 2.88. The van der Waals surface area contributed by atoms with Crippen molar-refractivity contribution in [3.8, 4) is 22.3 Å². The number of rotatable bonds is 2. The highest BCUT2D eigenvalue weighted by Crippen LogP contribution is 2.44. The standard InChI is InChI=1S/C40H22O2/c1-2-6-23(7-3-1)27-15-10-24-13-18-31-28(16-11-25-12-17-30(27)37(24)38(25)31)26-14-21-36-34(22-26)33-20-19-32-29-8-4-5-9-35(29)41-39(32)40(33)42-36/h1-22H. The van der Waals surface area contributed by atoms with Gasteiger partial charge in [-0.3, -0.25) is 0 Å². The zero-order valence-corrected chi connectivity index (χ0v) is 22.5. The molecular weight excluding hydrogens is 512 g/mol. The van der Waals surface area contributed by atoms with Crippen molar-refractivity contribution in [1.82, 2.24) is 0 Å².